The summed E-state index contributed by atoms with van der Waals surface area (Å²) in [5.74, 6) is -0.771. The van der Waals surface area contributed by atoms with Crippen LogP contribution < -0.4 is 15.5 Å². The van der Waals surface area contributed by atoms with E-state index in [4.69, 9.17) is 4.74 Å². The van der Waals surface area contributed by atoms with E-state index in [9.17, 15) is 9.59 Å². The van der Waals surface area contributed by atoms with E-state index in [1.54, 1.807) is 0 Å². The zero-order valence-electron chi connectivity index (χ0n) is 16.6. The van der Waals surface area contributed by atoms with Crippen LogP contribution in [0.2, 0.25) is 0 Å². The van der Waals surface area contributed by atoms with E-state index in [2.05, 4.69) is 15.8 Å². The first-order valence-electron chi connectivity index (χ1n) is 9.57. The number of carbonyl (C=O) groups is 2. The van der Waals surface area contributed by atoms with E-state index in [-0.39, 0.29) is 0 Å². The Balaban J connectivity index is 1.94. The third-order valence-electron chi connectivity index (χ3n) is 4.18. The van der Waals surface area contributed by atoms with Crippen molar-refractivity contribution in [3.05, 3.63) is 59.2 Å². The maximum Gasteiger partial charge on any atom is 0.329 e. The zero-order chi connectivity index (χ0) is 20.4. The van der Waals surface area contributed by atoms with Crippen LogP contribution in [0.25, 0.3) is 0 Å². The maximum absolute atomic E-state index is 12.2. The van der Waals surface area contributed by atoms with Gasteiger partial charge in [-0.25, -0.2) is 5.43 Å². The molecule has 0 fully saturated rings. The van der Waals surface area contributed by atoms with Gasteiger partial charge in [-0.2, -0.15) is 5.10 Å². The number of anilines is 1. The number of hydrogen-bond donors (Lipinski definition) is 2. The van der Waals surface area contributed by atoms with Crippen molar-refractivity contribution in [3.63, 3.8) is 0 Å². The molecule has 2 N–H and O–H groups in total. The highest BCUT2D eigenvalue weighted by atomic mass is 16.5. The van der Waals surface area contributed by atoms with Crippen molar-refractivity contribution in [2.45, 2.75) is 40.0 Å². The Morgan fingerprint density at radius 2 is 1.61 bits per heavy atom. The van der Waals surface area contributed by atoms with Crippen molar-refractivity contribution in [3.8, 4) is 5.75 Å². The molecular formula is C22H27N3O3. The summed E-state index contributed by atoms with van der Waals surface area (Å²) < 4.78 is 5.51. The molecule has 0 bridgehead atoms. The summed E-state index contributed by atoms with van der Waals surface area (Å²) in [5, 5.41) is 6.57. The first-order valence-corrected chi connectivity index (χ1v) is 9.57. The van der Waals surface area contributed by atoms with E-state index in [1.165, 1.54) is 6.21 Å². The molecule has 0 saturated heterocycles. The monoisotopic (exact) mass is 381 g/mol. The van der Waals surface area contributed by atoms with Crippen LogP contribution in [0, 0.1) is 0 Å². The van der Waals surface area contributed by atoms with Crippen LogP contribution in [0.15, 0.2) is 47.6 Å². The average molecular weight is 381 g/mol. The smallest absolute Gasteiger partial charge is 0.329 e. The molecule has 0 unspecified atom stereocenters. The Morgan fingerprint density at radius 3 is 2.18 bits per heavy atom. The highest BCUT2D eigenvalue weighted by Gasteiger charge is 2.16. The van der Waals surface area contributed by atoms with E-state index < -0.39 is 11.8 Å². The molecule has 0 saturated carbocycles. The largest absolute Gasteiger partial charge is 0.494 e. The Bertz CT molecular complexity index is 807. The predicted octanol–water partition coefficient (Wildman–Crippen LogP) is 3.69. The van der Waals surface area contributed by atoms with Crippen LogP contribution >= 0.6 is 0 Å². The summed E-state index contributed by atoms with van der Waals surface area (Å²) in [6.45, 7) is 6.73. The van der Waals surface area contributed by atoms with Gasteiger partial charge in [0.05, 0.1) is 12.8 Å². The lowest BCUT2D eigenvalue weighted by Crippen LogP contribution is -2.33. The molecule has 6 nitrogen and oxygen atoms in total. The number of rotatable bonds is 8. The molecule has 0 aromatic heterocycles. The van der Waals surface area contributed by atoms with Crippen LogP contribution in [-0.2, 0) is 22.4 Å². The summed E-state index contributed by atoms with van der Waals surface area (Å²) in [7, 11) is 0. The van der Waals surface area contributed by atoms with E-state index in [1.807, 2.05) is 63.2 Å². The summed E-state index contributed by atoms with van der Waals surface area (Å²) >= 11 is 0. The number of ether oxygens (including phenoxy) is 1. The van der Waals surface area contributed by atoms with Crippen molar-refractivity contribution in [2.24, 2.45) is 5.10 Å². The zero-order valence-corrected chi connectivity index (χ0v) is 16.6. The molecule has 2 aromatic carbocycles. The lowest BCUT2D eigenvalue weighted by atomic mass is 10.0. The van der Waals surface area contributed by atoms with Crippen molar-refractivity contribution in [2.75, 3.05) is 11.9 Å². The van der Waals surface area contributed by atoms with Gasteiger partial charge in [0.2, 0.25) is 0 Å². The number of carbonyl (C=O) groups excluding carboxylic acids is 2. The Morgan fingerprint density at radius 1 is 0.964 bits per heavy atom. The molecular weight excluding hydrogens is 354 g/mol. The van der Waals surface area contributed by atoms with Crippen LogP contribution in [0.1, 0.15) is 43.9 Å². The summed E-state index contributed by atoms with van der Waals surface area (Å²) in [6, 6.07) is 13.2. The van der Waals surface area contributed by atoms with Crippen LogP contribution in [0.3, 0.4) is 0 Å². The number of hydrazone groups is 1. The van der Waals surface area contributed by atoms with Gasteiger partial charge in [-0.1, -0.05) is 39.0 Å². The van der Waals surface area contributed by atoms with Gasteiger partial charge in [-0.15, -0.1) is 0 Å². The fraction of sp³-hybridized carbons (Fsp3) is 0.318. The SMILES string of the molecule is CCCOc1ccc(/C=N\NC(=O)C(=O)Nc2c(CC)cccc2CC)cc1. The van der Waals surface area contributed by atoms with Gasteiger partial charge in [-0.3, -0.25) is 9.59 Å². The number of para-hydroxylation sites is 1. The number of aryl methyl sites for hydroxylation is 2. The lowest BCUT2D eigenvalue weighted by molar-refractivity contribution is -0.136. The quantitative estimate of drug-likeness (QED) is 0.416. The second-order valence-corrected chi connectivity index (χ2v) is 6.23. The highest BCUT2D eigenvalue weighted by molar-refractivity contribution is 6.39. The molecule has 148 valence electrons. The van der Waals surface area contributed by atoms with Crippen molar-refractivity contribution < 1.29 is 14.3 Å². The lowest BCUT2D eigenvalue weighted by Gasteiger charge is -2.13. The minimum atomic E-state index is -0.813. The summed E-state index contributed by atoms with van der Waals surface area (Å²) in [5.41, 5.74) is 5.75. The van der Waals surface area contributed by atoms with Crippen molar-refractivity contribution >= 4 is 23.7 Å². The molecule has 2 amide bonds. The minimum absolute atomic E-state index is 0.666. The standard InChI is InChI=1S/C22H27N3O3/c1-4-14-28-19-12-10-16(11-13-19)15-23-25-22(27)21(26)24-20-17(5-2)8-7-9-18(20)6-3/h7-13,15H,4-6,14H2,1-3H3,(H,24,26)(H,25,27)/b23-15-. The second kappa shape index (κ2) is 10.9. The molecule has 2 rings (SSSR count). The fourth-order valence-electron chi connectivity index (χ4n) is 2.66. The number of nitrogens with one attached hydrogen (secondary N) is 2. The molecule has 0 aliphatic carbocycles. The van der Waals surface area contributed by atoms with Gasteiger partial charge in [0, 0.05) is 5.69 Å². The normalized spacial score (nSPS) is 10.7. The highest BCUT2D eigenvalue weighted by Crippen LogP contribution is 2.22. The van der Waals surface area contributed by atoms with Crippen LogP contribution in [0.5, 0.6) is 5.75 Å². The van der Waals surface area contributed by atoms with Crippen LogP contribution in [-0.4, -0.2) is 24.6 Å². The van der Waals surface area contributed by atoms with Gasteiger partial charge in [0.15, 0.2) is 0 Å². The van der Waals surface area contributed by atoms with Gasteiger partial charge < -0.3 is 10.1 Å². The number of hydrogen-bond acceptors (Lipinski definition) is 4. The van der Waals surface area contributed by atoms with Gasteiger partial charge in [-0.05, 0) is 60.2 Å². The first-order chi connectivity index (χ1) is 13.6. The second-order valence-electron chi connectivity index (χ2n) is 6.23. The van der Waals surface area contributed by atoms with Gasteiger partial charge in [0.25, 0.3) is 0 Å². The molecule has 28 heavy (non-hydrogen) atoms. The third kappa shape index (κ3) is 5.94. The molecule has 0 aliphatic heterocycles. The third-order valence-corrected chi connectivity index (χ3v) is 4.18. The molecule has 0 radical (unpaired) electrons. The topological polar surface area (TPSA) is 79.8 Å². The minimum Gasteiger partial charge on any atom is -0.494 e. The fourth-order valence-corrected chi connectivity index (χ4v) is 2.66. The predicted molar refractivity (Wildman–Crippen MR) is 112 cm³/mol. The summed E-state index contributed by atoms with van der Waals surface area (Å²) in [4.78, 5) is 24.3. The van der Waals surface area contributed by atoms with Gasteiger partial charge in [0.1, 0.15) is 5.75 Å². The van der Waals surface area contributed by atoms with Crippen molar-refractivity contribution in [1.29, 1.82) is 0 Å². The Hall–Kier alpha value is -3.15. The van der Waals surface area contributed by atoms with Gasteiger partial charge >= 0.3 is 11.8 Å². The molecule has 6 heteroatoms. The molecule has 2 aromatic rings. The number of benzene rings is 2. The van der Waals surface area contributed by atoms with E-state index in [0.29, 0.717) is 12.3 Å². The number of nitrogens with zero attached hydrogens (tertiary/aromatic N) is 1. The maximum atomic E-state index is 12.2. The first kappa shape index (κ1) is 21.2. The molecule has 0 spiro atoms. The number of amides is 2. The molecule has 0 aliphatic rings. The van der Waals surface area contributed by atoms with Crippen LogP contribution in [0.4, 0.5) is 5.69 Å². The average Bonchev–Trinajstić information content (AvgIpc) is 2.73. The Labute approximate surface area is 166 Å². The molecule has 0 heterocycles. The van der Waals surface area contributed by atoms with E-state index in [0.717, 1.165) is 41.7 Å². The Kier molecular flexibility index (Phi) is 8.21. The molecule has 0 atom stereocenters. The van der Waals surface area contributed by atoms with E-state index >= 15 is 0 Å². The van der Waals surface area contributed by atoms with Crippen molar-refractivity contribution in [1.82, 2.24) is 5.43 Å². The summed E-state index contributed by atoms with van der Waals surface area (Å²) in [6.07, 6.45) is 3.95.